The number of thioether (sulfide) groups is 1. The van der Waals surface area contributed by atoms with E-state index in [-0.39, 0.29) is 51.4 Å². The molecule has 0 bridgehead atoms. The van der Waals surface area contributed by atoms with Gasteiger partial charge in [-0.25, -0.2) is 35.7 Å². The molecule has 1 aromatic carbocycles. The predicted molar refractivity (Wildman–Crippen MR) is 181 cm³/mol. The first kappa shape index (κ1) is 41.6. The first-order valence-electron chi connectivity index (χ1n) is 14.1. The summed E-state index contributed by atoms with van der Waals surface area (Å²) >= 11 is 1.67. The molecule has 0 aliphatic rings. The van der Waals surface area contributed by atoms with E-state index in [1.165, 1.54) is 24.1 Å². The number of fused-ring (bicyclic) bond motifs is 1. The average molecular weight is 601 g/mol. The Morgan fingerprint density at radius 2 is 1.68 bits per heavy atom. The number of allylic oxidation sites excluding steroid dienone is 5. The number of nitrogens with one attached hydrogen (secondary N) is 1. The van der Waals surface area contributed by atoms with Crippen LogP contribution in [0.1, 0.15) is 91.1 Å². The summed E-state index contributed by atoms with van der Waals surface area (Å²) in [6, 6.07) is 11.9. The smallest absolute Gasteiger partial charge is 0.443 e. The molecule has 0 atom stereocenters. The second-order valence-corrected chi connectivity index (χ2v) is 10.8. The Morgan fingerprint density at radius 1 is 1.05 bits per heavy atom. The van der Waals surface area contributed by atoms with Crippen molar-refractivity contribution in [3.05, 3.63) is 108 Å². The third-order valence-corrected chi connectivity index (χ3v) is 5.95. The summed E-state index contributed by atoms with van der Waals surface area (Å²) in [7, 11) is 0. The summed E-state index contributed by atoms with van der Waals surface area (Å²) in [5.74, 6) is 0. The maximum absolute atomic E-state index is 5.33. The van der Waals surface area contributed by atoms with E-state index in [9.17, 15) is 0 Å². The Labute approximate surface area is 298 Å². The number of aryl methyl sites for hydroxylation is 1. The molecule has 41 heavy (non-hydrogen) atoms. The molecule has 0 aliphatic heterocycles. The summed E-state index contributed by atoms with van der Waals surface area (Å²) in [5.41, 5.74) is 7.48. The molecule has 3 aromatic rings. The van der Waals surface area contributed by atoms with Crippen molar-refractivity contribution < 1.29 is 55.8 Å². The van der Waals surface area contributed by atoms with Gasteiger partial charge in [0.1, 0.15) is 5.52 Å². The van der Waals surface area contributed by atoms with Crippen LogP contribution in [0.15, 0.2) is 82.0 Å². The number of hydrogen-bond donors (Lipinski definition) is 1. The van der Waals surface area contributed by atoms with Crippen LogP contribution in [0.3, 0.4) is 0 Å². The SMILES string of the molecule is C=C(/C(=C\NCCC)c1ccc2ocnc2c1)c1cccc(C)n1.C=C(C)S/C(C[CH2-])=C(/[CH2-])C.CCC.CCC.[K+]. The van der Waals surface area contributed by atoms with Crippen LogP contribution in [-0.2, 0) is 0 Å². The molecule has 0 unspecified atom stereocenters. The van der Waals surface area contributed by atoms with E-state index in [1.54, 1.807) is 11.8 Å². The van der Waals surface area contributed by atoms with E-state index in [0.717, 1.165) is 69.1 Å². The Hall–Kier alpha value is -1.54. The van der Waals surface area contributed by atoms with Crippen LogP contribution >= 0.6 is 11.8 Å². The Balaban J connectivity index is 0. The van der Waals surface area contributed by atoms with Gasteiger partial charge in [0.2, 0.25) is 0 Å². The van der Waals surface area contributed by atoms with Crippen molar-refractivity contribution in [3.63, 3.8) is 0 Å². The van der Waals surface area contributed by atoms with Crippen molar-refractivity contribution in [1.82, 2.24) is 15.3 Å². The van der Waals surface area contributed by atoms with E-state index in [1.807, 2.05) is 63.4 Å². The third-order valence-electron chi connectivity index (χ3n) is 4.81. The molecule has 0 amide bonds. The van der Waals surface area contributed by atoms with Crippen LogP contribution in [0.5, 0.6) is 0 Å². The van der Waals surface area contributed by atoms with Gasteiger partial charge >= 0.3 is 51.4 Å². The molecule has 3 rings (SSSR count). The van der Waals surface area contributed by atoms with Crippen molar-refractivity contribution in [3.8, 4) is 0 Å². The van der Waals surface area contributed by atoms with Gasteiger partial charge in [-0.05, 0) is 55.0 Å². The predicted octanol–water partition coefficient (Wildman–Crippen LogP) is 8.01. The van der Waals surface area contributed by atoms with Crippen molar-refractivity contribution in [2.24, 2.45) is 0 Å². The molecule has 6 heteroatoms. The first-order chi connectivity index (χ1) is 19.1. The molecule has 2 heterocycles. The number of nitrogens with zero attached hydrogens (tertiary/aromatic N) is 2. The Bertz CT molecular complexity index is 1220. The minimum atomic E-state index is 0. The zero-order chi connectivity index (χ0) is 30.5. The summed E-state index contributed by atoms with van der Waals surface area (Å²) < 4.78 is 5.33. The number of rotatable bonds is 9. The van der Waals surface area contributed by atoms with Gasteiger partial charge in [-0.3, -0.25) is 4.98 Å². The zero-order valence-corrected chi connectivity index (χ0v) is 31.1. The molecule has 2 aromatic heterocycles. The zero-order valence-electron chi connectivity index (χ0n) is 27.2. The monoisotopic (exact) mass is 600 g/mol. The standard InChI is InChI=1S/C20H21N3O.C9H14S.2C3H8.K/c1-4-10-21-12-17(15(3)18-7-5-6-14(2)23-18)16-8-9-20-19(11-16)22-13-24-20;1-6-9(7(2)3)10-8(4)5;2*1-3-2;/h5-9,11-13,21H,3-4,10H2,1-2H3;1-2,4,6H2,3,5H3;2*3H2,1-2H3;/q;-2;;;+1/b17-12+;9-7-;;;. The quantitative estimate of drug-likeness (QED) is 0.117. The summed E-state index contributed by atoms with van der Waals surface area (Å²) in [4.78, 5) is 11.2. The average Bonchev–Trinajstić information content (AvgIpc) is 3.38. The maximum atomic E-state index is 5.33. The van der Waals surface area contributed by atoms with Crippen LogP contribution in [0.2, 0.25) is 0 Å². The molecule has 220 valence electrons. The Kier molecular flexibility index (Phi) is 25.4. The van der Waals surface area contributed by atoms with Gasteiger partial charge in [-0.2, -0.15) is 4.91 Å². The molecule has 0 aliphatic carbocycles. The van der Waals surface area contributed by atoms with Gasteiger partial charge in [0, 0.05) is 29.6 Å². The van der Waals surface area contributed by atoms with Crippen molar-refractivity contribution in [1.29, 1.82) is 0 Å². The van der Waals surface area contributed by atoms with Gasteiger partial charge < -0.3 is 16.7 Å². The normalized spacial score (nSPS) is 10.8. The number of oxazole rings is 1. The van der Waals surface area contributed by atoms with Crippen molar-refractivity contribution in [2.45, 2.75) is 81.1 Å². The van der Waals surface area contributed by atoms with E-state index < -0.39 is 0 Å². The molecular weight excluding hydrogens is 550 g/mol. The van der Waals surface area contributed by atoms with Crippen LogP contribution in [0.4, 0.5) is 0 Å². The van der Waals surface area contributed by atoms with E-state index >= 15 is 0 Å². The minimum Gasteiger partial charge on any atom is -0.443 e. The fourth-order valence-electron chi connectivity index (χ4n) is 3.10. The Morgan fingerprint density at radius 3 is 2.17 bits per heavy atom. The number of hydrogen-bond acceptors (Lipinski definition) is 5. The molecule has 0 saturated carbocycles. The number of benzene rings is 1. The van der Waals surface area contributed by atoms with Crippen LogP contribution < -0.4 is 56.7 Å². The van der Waals surface area contributed by atoms with E-state index in [0.29, 0.717) is 0 Å². The van der Waals surface area contributed by atoms with Gasteiger partial charge in [-0.15, -0.1) is 0 Å². The number of aromatic nitrogens is 2. The maximum Gasteiger partial charge on any atom is 1.00 e. The van der Waals surface area contributed by atoms with Crippen LogP contribution in [0, 0.1) is 20.8 Å². The molecular formula is C35H51KN3OS-. The largest absolute Gasteiger partial charge is 1.00 e. The summed E-state index contributed by atoms with van der Waals surface area (Å²) in [6.07, 6.45) is 7.84. The summed E-state index contributed by atoms with van der Waals surface area (Å²) in [5, 5.41) is 3.35. The number of pyridine rings is 1. The van der Waals surface area contributed by atoms with E-state index in [2.05, 4.69) is 76.9 Å². The van der Waals surface area contributed by atoms with Gasteiger partial charge in [-0.1, -0.05) is 79.7 Å². The molecule has 0 radical (unpaired) electrons. The van der Waals surface area contributed by atoms with Crippen molar-refractivity contribution >= 4 is 34.0 Å². The van der Waals surface area contributed by atoms with Gasteiger partial charge in [0.15, 0.2) is 12.0 Å². The van der Waals surface area contributed by atoms with Crippen molar-refractivity contribution in [2.75, 3.05) is 6.54 Å². The molecule has 0 fully saturated rings. The van der Waals surface area contributed by atoms with Crippen LogP contribution in [-0.4, -0.2) is 16.5 Å². The second kappa shape index (κ2) is 25.0. The molecule has 0 saturated heterocycles. The van der Waals surface area contributed by atoms with E-state index in [4.69, 9.17) is 4.42 Å². The first-order valence-corrected chi connectivity index (χ1v) is 15.0. The second-order valence-electron chi connectivity index (χ2n) is 9.36. The fraction of sp³-hybridized carbons (Fsp3) is 0.371. The minimum absolute atomic E-state index is 0. The molecule has 1 N–H and O–H groups in total. The van der Waals surface area contributed by atoms with Crippen LogP contribution in [0.25, 0.3) is 22.2 Å². The molecule has 4 nitrogen and oxygen atoms in total. The van der Waals surface area contributed by atoms with Gasteiger partial charge in [0.25, 0.3) is 0 Å². The summed E-state index contributed by atoms with van der Waals surface area (Å²) in [6.45, 7) is 33.2. The topological polar surface area (TPSA) is 51.0 Å². The third kappa shape index (κ3) is 17.2. The molecule has 0 spiro atoms. The fourth-order valence-corrected chi connectivity index (χ4v) is 3.80. The van der Waals surface area contributed by atoms with Gasteiger partial charge in [0.05, 0.1) is 5.69 Å².